The fourth-order valence-corrected chi connectivity index (χ4v) is 4.94. The zero-order valence-corrected chi connectivity index (χ0v) is 20.8. The number of hydrogen-bond donors (Lipinski definition) is 0. The van der Waals surface area contributed by atoms with Crippen LogP contribution < -0.4 is 0 Å². The van der Waals surface area contributed by atoms with Crippen molar-refractivity contribution in [3.63, 3.8) is 0 Å². The van der Waals surface area contributed by atoms with Gasteiger partial charge < -0.3 is 8.79 Å². The molecule has 177 valence electrons. The number of aliphatic imine (C=N–C) groups is 1. The second-order valence-corrected chi connectivity index (χ2v) is 9.43. The van der Waals surface area contributed by atoms with Crippen molar-refractivity contribution in [1.82, 2.24) is 4.48 Å². The van der Waals surface area contributed by atoms with E-state index < -0.39 is 0 Å². The normalized spacial score (nSPS) is 14.2. The van der Waals surface area contributed by atoms with Gasteiger partial charge in [0, 0.05) is 33.3 Å². The monoisotopic (exact) mass is 479 g/mol. The summed E-state index contributed by atoms with van der Waals surface area (Å²) in [6.07, 6.45) is 4.14. The van der Waals surface area contributed by atoms with Crippen LogP contribution in [0, 0.1) is 13.8 Å². The molecule has 0 N–H and O–H groups in total. The Hall–Kier alpha value is -4.44. The molecule has 4 aromatic carbocycles. The molecular weight excluding hydrogens is 454 g/mol. The van der Waals surface area contributed by atoms with E-state index >= 15 is 0 Å². The Kier molecular flexibility index (Phi) is 5.94. The molecule has 2 heterocycles. The van der Waals surface area contributed by atoms with E-state index in [0.29, 0.717) is 7.69 Å². The molecule has 0 bridgehead atoms. The van der Waals surface area contributed by atoms with E-state index in [2.05, 4.69) is 74.5 Å². The zero-order valence-electron chi connectivity index (χ0n) is 20.8. The van der Waals surface area contributed by atoms with Crippen LogP contribution in [0.5, 0.6) is 0 Å². The predicted molar refractivity (Wildman–Crippen MR) is 154 cm³/mol. The number of fused-ring (bicyclic) bond motifs is 1. The van der Waals surface area contributed by atoms with Crippen molar-refractivity contribution < 1.29 is 4.32 Å². The molecule has 0 atom stereocenters. The van der Waals surface area contributed by atoms with Crippen molar-refractivity contribution in [2.75, 3.05) is 0 Å². The molecule has 4 heteroatoms. The first-order valence-corrected chi connectivity index (χ1v) is 12.4. The van der Waals surface area contributed by atoms with Crippen LogP contribution in [0.1, 0.15) is 27.9 Å². The number of aromatic nitrogens is 1. The van der Waals surface area contributed by atoms with Crippen LogP contribution in [-0.2, 0) is 0 Å². The van der Waals surface area contributed by atoms with Crippen molar-refractivity contribution in [3.05, 3.63) is 143 Å². The van der Waals surface area contributed by atoms with Gasteiger partial charge in [-0.1, -0.05) is 114 Å². The van der Waals surface area contributed by atoms with E-state index in [4.69, 9.17) is 4.99 Å². The average Bonchev–Trinajstić information content (AvgIpc) is 3.50. The maximum atomic E-state index is 14.7. The molecule has 1 aromatic heterocycles. The molecule has 0 unspecified atom stereocenters. The van der Waals surface area contributed by atoms with Gasteiger partial charge in [0.25, 0.3) is 0 Å². The van der Waals surface area contributed by atoms with E-state index in [1.54, 1.807) is 4.48 Å². The van der Waals surface area contributed by atoms with Gasteiger partial charge in [-0.25, -0.2) is 4.99 Å². The van der Waals surface area contributed by atoms with Gasteiger partial charge in [0.2, 0.25) is 0 Å². The van der Waals surface area contributed by atoms with Crippen molar-refractivity contribution in [2.45, 2.75) is 13.8 Å². The molecule has 5 aromatic rings. The van der Waals surface area contributed by atoms with Crippen LogP contribution in [0.3, 0.4) is 0 Å². The summed E-state index contributed by atoms with van der Waals surface area (Å²) >= 11 is 0. The molecule has 6 rings (SSSR count). The molecule has 1 aliphatic rings. The Morgan fingerprint density at radius 1 is 0.676 bits per heavy atom. The largest absolute Gasteiger partial charge is 0.495 e. The van der Waals surface area contributed by atoms with Gasteiger partial charge in [-0.05, 0) is 37.1 Å². The number of nitrogens with zero attached hydrogens (tertiary/aromatic N) is 2. The van der Waals surface area contributed by atoms with Crippen LogP contribution in [0.4, 0.5) is 4.32 Å². The molecule has 2 nitrogen and oxygen atoms in total. The minimum absolute atomic E-state index is 0.660. The predicted octanol–water partition coefficient (Wildman–Crippen LogP) is 8.20. The highest BCUT2D eigenvalue weighted by Gasteiger charge is 2.22. The smallest absolute Gasteiger partial charge is 0.357 e. The minimum atomic E-state index is 0.660. The molecule has 0 spiro atoms. The van der Waals surface area contributed by atoms with Gasteiger partial charge in [0.1, 0.15) is 0 Å². The number of hydrogen-bond acceptors (Lipinski definition) is 1. The first-order chi connectivity index (χ1) is 18.1. The second-order valence-electron chi connectivity index (χ2n) is 9.43. The molecule has 1 aliphatic heterocycles. The van der Waals surface area contributed by atoms with Crippen molar-refractivity contribution >= 4 is 35.8 Å². The molecule has 0 saturated heterocycles. The zero-order chi connectivity index (χ0) is 25.4. The summed E-state index contributed by atoms with van der Waals surface area (Å²) in [7, 11) is 0.660. The Morgan fingerprint density at radius 3 is 1.92 bits per heavy atom. The lowest BCUT2D eigenvalue weighted by molar-refractivity contribution is 0.835. The van der Waals surface area contributed by atoms with Gasteiger partial charge in [-0.15, -0.1) is 0 Å². The Balaban J connectivity index is 1.58. The van der Waals surface area contributed by atoms with E-state index in [-0.39, 0.29) is 0 Å². The number of rotatable bonds is 5. The minimum Gasteiger partial charge on any atom is -0.357 e. The molecule has 1 radical (unpaired) electrons. The van der Waals surface area contributed by atoms with E-state index in [0.717, 1.165) is 55.8 Å². The number of allylic oxidation sites excluding steroid dienone is 2. The number of aryl methyl sites for hydroxylation is 2. The topological polar surface area (TPSA) is 17.3 Å². The summed E-state index contributed by atoms with van der Waals surface area (Å²) in [6.45, 7) is 4.14. The first-order valence-electron chi connectivity index (χ1n) is 12.4. The van der Waals surface area contributed by atoms with Gasteiger partial charge in [-0.2, -0.15) is 0 Å². The lowest BCUT2D eigenvalue weighted by Gasteiger charge is -2.09. The molecule has 0 aliphatic carbocycles. The molecule has 0 saturated carbocycles. The SMILES string of the molecule is Cc1ccc(C2=CC(c3ccccc3)=N/C2=C\c2c3ccccc3c(-c3ccc(C)cc3)n2[B]F)cc1. The average molecular weight is 479 g/mol. The maximum absolute atomic E-state index is 14.7. The summed E-state index contributed by atoms with van der Waals surface area (Å²) in [5.74, 6) is 0. The third-order valence-electron chi connectivity index (χ3n) is 6.88. The summed E-state index contributed by atoms with van der Waals surface area (Å²) in [5.41, 5.74) is 9.78. The van der Waals surface area contributed by atoms with Crippen molar-refractivity contribution in [2.24, 2.45) is 4.99 Å². The van der Waals surface area contributed by atoms with Gasteiger partial charge in [-0.3, -0.25) is 0 Å². The van der Waals surface area contributed by atoms with Crippen LogP contribution in [0.25, 0.3) is 33.7 Å². The highest BCUT2D eigenvalue weighted by Crippen LogP contribution is 2.38. The van der Waals surface area contributed by atoms with Gasteiger partial charge in [0.15, 0.2) is 0 Å². The summed E-state index contributed by atoms with van der Waals surface area (Å²) in [4.78, 5) is 5.05. The third-order valence-corrected chi connectivity index (χ3v) is 6.88. The van der Waals surface area contributed by atoms with E-state index in [1.165, 1.54) is 11.1 Å². The fraction of sp³-hybridized carbons (Fsp3) is 0.0606. The van der Waals surface area contributed by atoms with E-state index in [9.17, 15) is 4.32 Å². The summed E-state index contributed by atoms with van der Waals surface area (Å²) in [6, 6.07) is 34.9. The quantitative estimate of drug-likeness (QED) is 0.226. The maximum Gasteiger partial charge on any atom is 0.495 e. The first kappa shape index (κ1) is 23.0. The van der Waals surface area contributed by atoms with Gasteiger partial charge >= 0.3 is 7.69 Å². The van der Waals surface area contributed by atoms with Crippen molar-refractivity contribution in [1.29, 1.82) is 0 Å². The van der Waals surface area contributed by atoms with Crippen LogP contribution in [0.15, 0.2) is 120 Å². The number of benzene rings is 4. The van der Waals surface area contributed by atoms with Crippen LogP contribution in [0.2, 0.25) is 0 Å². The Labute approximate surface area is 217 Å². The van der Waals surface area contributed by atoms with Crippen molar-refractivity contribution in [3.8, 4) is 11.3 Å². The van der Waals surface area contributed by atoms with E-state index in [1.807, 2.05) is 54.6 Å². The lowest BCUT2D eigenvalue weighted by atomic mass is 10.00. The third kappa shape index (κ3) is 4.25. The molecule has 37 heavy (non-hydrogen) atoms. The fourth-order valence-electron chi connectivity index (χ4n) is 4.94. The highest BCUT2D eigenvalue weighted by molar-refractivity contribution is 6.29. The molecular formula is C33H25BFN2. The molecule has 0 fully saturated rings. The standard InChI is InChI=1S/C33H25BFN2/c1-22-12-16-24(17-13-22)29-20-30(25-8-4-3-5-9-25)36-31(29)21-32-27-10-6-7-11-28(27)33(37(32)34-35)26-18-14-23(2)15-19-26/h3-21H,1-2H3/b31-21-. The number of halogens is 1. The Bertz CT molecular complexity index is 1690. The highest BCUT2D eigenvalue weighted by atomic mass is 19.1. The lowest BCUT2D eigenvalue weighted by Crippen LogP contribution is -2.05. The van der Waals surface area contributed by atoms with Crippen LogP contribution >= 0.6 is 0 Å². The second kappa shape index (κ2) is 9.55. The summed E-state index contributed by atoms with van der Waals surface area (Å²) in [5, 5.41) is 1.98. The summed E-state index contributed by atoms with van der Waals surface area (Å²) < 4.78 is 16.3. The van der Waals surface area contributed by atoms with Crippen LogP contribution in [-0.4, -0.2) is 17.9 Å². The molecule has 0 amide bonds. The Morgan fingerprint density at radius 2 is 1.27 bits per heavy atom. The van der Waals surface area contributed by atoms with Gasteiger partial charge in [0.05, 0.1) is 11.4 Å².